The van der Waals surface area contributed by atoms with Gasteiger partial charge < -0.3 is 9.22 Å². The molecule has 0 aromatic carbocycles. The van der Waals surface area contributed by atoms with E-state index in [0.717, 1.165) is 17.3 Å². The highest BCUT2D eigenvalue weighted by Crippen LogP contribution is 2.11. The van der Waals surface area contributed by atoms with Gasteiger partial charge in [-0.1, -0.05) is 45.1 Å². The lowest BCUT2D eigenvalue weighted by molar-refractivity contribution is -0.888. The molecule has 0 saturated heterocycles. The standard InChI is InChI=1S/C18H36NO2/c1-5-18(20)21-17-15-13-11-9-7-8-10-12-14-16-19(3,4)6-2/h5H,1,6-17H2,2-4H3/q+1. The molecule has 0 N–H and O–H groups in total. The van der Waals surface area contributed by atoms with E-state index in [0.29, 0.717) is 6.61 Å². The van der Waals surface area contributed by atoms with Gasteiger partial charge in [0.1, 0.15) is 0 Å². The second-order valence-electron chi connectivity index (χ2n) is 6.53. The fourth-order valence-corrected chi connectivity index (χ4v) is 2.27. The van der Waals surface area contributed by atoms with Gasteiger partial charge in [-0.3, -0.25) is 0 Å². The third-order valence-electron chi connectivity index (χ3n) is 4.17. The molecule has 0 saturated carbocycles. The molecule has 21 heavy (non-hydrogen) atoms. The lowest BCUT2D eigenvalue weighted by Gasteiger charge is -2.28. The third-order valence-corrected chi connectivity index (χ3v) is 4.17. The van der Waals surface area contributed by atoms with E-state index in [1.165, 1.54) is 64.1 Å². The summed E-state index contributed by atoms with van der Waals surface area (Å²) in [5.41, 5.74) is 0. The number of carbonyl (C=O) groups excluding carboxylic acids is 1. The van der Waals surface area contributed by atoms with Crippen molar-refractivity contribution in [2.75, 3.05) is 33.8 Å². The number of unbranched alkanes of at least 4 members (excludes halogenated alkanes) is 8. The molecule has 0 aromatic rings. The van der Waals surface area contributed by atoms with E-state index in [1.54, 1.807) is 0 Å². The number of carbonyl (C=O) groups is 1. The molecule has 0 aliphatic rings. The minimum Gasteiger partial charge on any atom is -0.463 e. The average Bonchev–Trinajstić information content (AvgIpc) is 2.48. The van der Waals surface area contributed by atoms with Crippen LogP contribution in [0.5, 0.6) is 0 Å². The summed E-state index contributed by atoms with van der Waals surface area (Å²) in [5.74, 6) is -0.306. The Bertz CT molecular complexity index is 274. The van der Waals surface area contributed by atoms with Crippen LogP contribution in [0.2, 0.25) is 0 Å². The third kappa shape index (κ3) is 13.9. The van der Waals surface area contributed by atoms with Crippen LogP contribution in [0.1, 0.15) is 64.7 Å². The second-order valence-corrected chi connectivity index (χ2v) is 6.53. The molecule has 0 rings (SSSR count). The smallest absolute Gasteiger partial charge is 0.330 e. The minimum atomic E-state index is -0.306. The Kier molecular flexibility index (Phi) is 12.4. The molecular weight excluding hydrogens is 262 g/mol. The van der Waals surface area contributed by atoms with Crippen LogP contribution >= 0.6 is 0 Å². The molecule has 0 heterocycles. The molecule has 0 spiro atoms. The fourth-order valence-electron chi connectivity index (χ4n) is 2.27. The molecule has 3 heteroatoms. The Morgan fingerprint density at radius 1 is 0.952 bits per heavy atom. The van der Waals surface area contributed by atoms with Gasteiger partial charge in [0.15, 0.2) is 0 Å². The number of esters is 1. The summed E-state index contributed by atoms with van der Waals surface area (Å²) in [6, 6.07) is 0. The van der Waals surface area contributed by atoms with Crippen molar-refractivity contribution in [2.45, 2.75) is 64.7 Å². The van der Waals surface area contributed by atoms with Gasteiger partial charge in [-0.25, -0.2) is 4.79 Å². The first-order chi connectivity index (χ1) is 10.0. The van der Waals surface area contributed by atoms with Crippen LogP contribution in [0.3, 0.4) is 0 Å². The van der Waals surface area contributed by atoms with Crippen LogP contribution in [-0.2, 0) is 9.53 Å². The van der Waals surface area contributed by atoms with E-state index >= 15 is 0 Å². The minimum absolute atomic E-state index is 0.306. The van der Waals surface area contributed by atoms with Crippen LogP contribution < -0.4 is 0 Å². The summed E-state index contributed by atoms with van der Waals surface area (Å²) < 4.78 is 6.09. The molecule has 0 aliphatic heterocycles. The monoisotopic (exact) mass is 298 g/mol. The molecule has 0 bridgehead atoms. The lowest BCUT2D eigenvalue weighted by Crippen LogP contribution is -2.39. The summed E-state index contributed by atoms with van der Waals surface area (Å²) in [7, 11) is 4.62. The van der Waals surface area contributed by atoms with Crippen LogP contribution in [0, 0.1) is 0 Å². The van der Waals surface area contributed by atoms with Crippen molar-refractivity contribution in [2.24, 2.45) is 0 Å². The van der Waals surface area contributed by atoms with Gasteiger partial charge in [-0.05, 0) is 26.2 Å². The van der Waals surface area contributed by atoms with Gasteiger partial charge in [0.05, 0.1) is 33.8 Å². The predicted molar refractivity (Wildman–Crippen MR) is 90.2 cm³/mol. The average molecular weight is 298 g/mol. The first-order valence-corrected chi connectivity index (χ1v) is 8.63. The highest BCUT2D eigenvalue weighted by molar-refractivity contribution is 5.81. The fraction of sp³-hybridized carbons (Fsp3) is 0.833. The molecule has 0 atom stereocenters. The van der Waals surface area contributed by atoms with Gasteiger partial charge in [-0.15, -0.1) is 0 Å². The molecule has 0 amide bonds. The van der Waals surface area contributed by atoms with E-state index in [1.807, 2.05) is 0 Å². The highest BCUT2D eigenvalue weighted by Gasteiger charge is 2.09. The van der Waals surface area contributed by atoms with Gasteiger partial charge in [0.25, 0.3) is 0 Å². The molecule has 0 aromatic heterocycles. The van der Waals surface area contributed by atoms with Crippen LogP contribution in [-0.4, -0.2) is 44.2 Å². The van der Waals surface area contributed by atoms with Gasteiger partial charge >= 0.3 is 5.97 Å². The van der Waals surface area contributed by atoms with Crippen LogP contribution in [0.25, 0.3) is 0 Å². The summed E-state index contributed by atoms with van der Waals surface area (Å²) in [5, 5.41) is 0. The largest absolute Gasteiger partial charge is 0.463 e. The SMILES string of the molecule is C=CC(=O)OCCCCCCCCCCC[N+](C)(C)CC. The summed E-state index contributed by atoms with van der Waals surface area (Å²) in [6.45, 7) is 8.70. The van der Waals surface area contributed by atoms with E-state index in [-0.39, 0.29) is 5.97 Å². The zero-order valence-corrected chi connectivity index (χ0v) is 14.5. The van der Waals surface area contributed by atoms with Gasteiger partial charge in [0.2, 0.25) is 0 Å². The highest BCUT2D eigenvalue weighted by atomic mass is 16.5. The van der Waals surface area contributed by atoms with Crippen molar-refractivity contribution in [3.05, 3.63) is 12.7 Å². The normalized spacial score (nSPS) is 11.4. The van der Waals surface area contributed by atoms with E-state index in [4.69, 9.17) is 4.74 Å². The number of ether oxygens (including phenoxy) is 1. The van der Waals surface area contributed by atoms with E-state index in [9.17, 15) is 4.79 Å². The summed E-state index contributed by atoms with van der Waals surface area (Å²) in [6.07, 6.45) is 12.7. The number of rotatable bonds is 14. The number of quaternary nitrogens is 1. The summed E-state index contributed by atoms with van der Waals surface area (Å²) in [4.78, 5) is 10.8. The number of hydrogen-bond donors (Lipinski definition) is 0. The maximum Gasteiger partial charge on any atom is 0.330 e. The predicted octanol–water partition coefficient (Wildman–Crippen LogP) is 4.32. The molecule has 0 fully saturated rings. The maximum atomic E-state index is 10.8. The Hall–Kier alpha value is -0.830. The Balaban J connectivity index is 3.16. The lowest BCUT2D eigenvalue weighted by atomic mass is 10.1. The molecule has 0 radical (unpaired) electrons. The Morgan fingerprint density at radius 3 is 1.90 bits per heavy atom. The first-order valence-electron chi connectivity index (χ1n) is 8.63. The second kappa shape index (κ2) is 12.9. The van der Waals surface area contributed by atoms with Crippen LogP contribution in [0.15, 0.2) is 12.7 Å². The van der Waals surface area contributed by atoms with Crippen molar-refractivity contribution >= 4 is 5.97 Å². The first kappa shape index (κ1) is 20.2. The maximum absolute atomic E-state index is 10.8. The summed E-state index contributed by atoms with van der Waals surface area (Å²) >= 11 is 0. The zero-order valence-electron chi connectivity index (χ0n) is 14.5. The topological polar surface area (TPSA) is 26.3 Å². The molecule has 0 unspecified atom stereocenters. The molecular formula is C18H36NO2+. The quantitative estimate of drug-likeness (QED) is 0.207. The number of hydrogen-bond acceptors (Lipinski definition) is 2. The zero-order chi connectivity index (χ0) is 16.0. The number of nitrogens with zero attached hydrogens (tertiary/aromatic N) is 1. The van der Waals surface area contributed by atoms with Crippen molar-refractivity contribution in [3.63, 3.8) is 0 Å². The molecule has 3 nitrogen and oxygen atoms in total. The van der Waals surface area contributed by atoms with Crippen LogP contribution in [0.4, 0.5) is 0 Å². The Morgan fingerprint density at radius 2 is 1.43 bits per heavy atom. The van der Waals surface area contributed by atoms with Crippen molar-refractivity contribution in [3.8, 4) is 0 Å². The van der Waals surface area contributed by atoms with Crippen molar-refractivity contribution < 1.29 is 14.0 Å². The van der Waals surface area contributed by atoms with E-state index < -0.39 is 0 Å². The molecule has 0 aliphatic carbocycles. The van der Waals surface area contributed by atoms with Gasteiger partial charge in [0, 0.05) is 6.08 Å². The molecule has 124 valence electrons. The Labute approximate surface area is 131 Å². The van der Waals surface area contributed by atoms with Crippen molar-refractivity contribution in [1.29, 1.82) is 0 Å². The van der Waals surface area contributed by atoms with Crippen molar-refractivity contribution in [1.82, 2.24) is 0 Å². The van der Waals surface area contributed by atoms with E-state index in [2.05, 4.69) is 27.6 Å². The van der Waals surface area contributed by atoms with Gasteiger partial charge in [-0.2, -0.15) is 0 Å².